The van der Waals surface area contributed by atoms with Gasteiger partial charge in [0.25, 0.3) is 0 Å². The third-order valence-corrected chi connectivity index (χ3v) is 10.8. The zero-order valence-corrected chi connectivity index (χ0v) is 23.2. The van der Waals surface area contributed by atoms with Gasteiger partial charge in [0.05, 0.1) is 0 Å². The first kappa shape index (κ1) is 25.3. The van der Waals surface area contributed by atoms with Gasteiger partial charge in [0.2, 0.25) is 0 Å². The van der Waals surface area contributed by atoms with Gasteiger partial charge >= 0.3 is 219 Å². The molecule has 2 saturated carbocycles. The van der Waals surface area contributed by atoms with E-state index in [0.717, 1.165) is 25.7 Å². The van der Waals surface area contributed by atoms with Gasteiger partial charge in [0, 0.05) is 0 Å². The maximum absolute atomic E-state index is 13.5. The quantitative estimate of drug-likeness (QED) is 0.419. The Hall–Kier alpha value is -1.99. The third-order valence-electron chi connectivity index (χ3n) is 7.13. The fraction of sp³-hybridized carbons (Fsp3) is 0.609. The van der Waals surface area contributed by atoms with Gasteiger partial charge in [-0.05, 0) is 0 Å². The van der Waals surface area contributed by atoms with Crippen LogP contribution in [0.5, 0.6) is 0 Å². The number of nitrogens with zero attached hydrogens (tertiary/aromatic N) is 5. The number of hydrogen-bond acceptors (Lipinski definition) is 7. The van der Waals surface area contributed by atoms with E-state index in [2.05, 4.69) is 39.0 Å². The number of piperazine rings is 1. The van der Waals surface area contributed by atoms with Crippen molar-refractivity contribution < 1.29 is 21.6 Å². The second-order valence-electron chi connectivity index (χ2n) is 10.8. The Morgan fingerprint density at radius 3 is 2.41 bits per heavy atom. The standard InChI is InChI=1S/C23H28F3N7O2SSe/c1-12-9-32(10-13(2)27-12)16-8-15(36(34,35)31-22(3)6-7-22)11-33-18(17(14-4-5-14)28-19(16)33)20-29-30-21(37-20)23(24,25)26/h8,11-14,27,31H,4-7,9-10H2,1-3H3/t12-,13-/m0/s1. The molecule has 2 atom stereocenters. The Bertz CT molecular complexity index is 1470. The van der Waals surface area contributed by atoms with Crippen LogP contribution in [0.25, 0.3) is 15.9 Å². The molecule has 4 heterocycles. The molecule has 1 aliphatic heterocycles. The van der Waals surface area contributed by atoms with E-state index < -0.39 is 40.8 Å². The van der Waals surface area contributed by atoms with E-state index in [0.29, 0.717) is 35.8 Å². The second kappa shape index (κ2) is 8.50. The molecule has 3 aliphatic rings. The predicted molar refractivity (Wildman–Crippen MR) is 132 cm³/mol. The molecule has 0 bridgehead atoms. The molecule has 3 aromatic heterocycles. The molecule has 2 N–H and O–H groups in total. The van der Waals surface area contributed by atoms with Crippen molar-refractivity contribution in [3.05, 3.63) is 22.5 Å². The van der Waals surface area contributed by atoms with Crippen molar-refractivity contribution in [2.75, 3.05) is 18.0 Å². The normalized spacial score (nSPS) is 24.1. The second-order valence-corrected chi connectivity index (χ2v) is 14.6. The average Bonchev–Trinajstić information content (AvgIpc) is 3.66. The van der Waals surface area contributed by atoms with E-state index >= 15 is 0 Å². The van der Waals surface area contributed by atoms with Crippen LogP contribution in [0.1, 0.15) is 62.6 Å². The van der Waals surface area contributed by atoms with Crippen LogP contribution < -0.4 is 14.9 Å². The van der Waals surface area contributed by atoms with Gasteiger partial charge in [-0.1, -0.05) is 0 Å². The third kappa shape index (κ3) is 4.82. The fourth-order valence-electron chi connectivity index (χ4n) is 4.98. The van der Waals surface area contributed by atoms with Crippen molar-refractivity contribution >= 4 is 35.9 Å². The summed E-state index contributed by atoms with van der Waals surface area (Å²) in [6.07, 6.45) is 0.209. The molecule has 37 heavy (non-hydrogen) atoms. The fourth-order valence-corrected chi connectivity index (χ4v) is 8.06. The number of sulfonamides is 1. The van der Waals surface area contributed by atoms with Crippen LogP contribution in [-0.4, -0.2) is 73.2 Å². The van der Waals surface area contributed by atoms with E-state index in [1.54, 1.807) is 10.5 Å². The number of fused-ring (bicyclic) bond motifs is 1. The average molecular weight is 603 g/mol. The Balaban J connectivity index is 1.58. The molecule has 14 heteroatoms. The van der Waals surface area contributed by atoms with Gasteiger partial charge in [-0.25, -0.2) is 0 Å². The van der Waals surface area contributed by atoms with Gasteiger partial charge in [-0.3, -0.25) is 0 Å². The number of nitrogens with one attached hydrogen (secondary N) is 2. The van der Waals surface area contributed by atoms with Crippen molar-refractivity contribution in [3.63, 3.8) is 0 Å². The van der Waals surface area contributed by atoms with Crippen molar-refractivity contribution in [3.8, 4) is 10.3 Å². The van der Waals surface area contributed by atoms with Crippen LogP contribution in [0.2, 0.25) is 0 Å². The Kier molecular flexibility index (Phi) is 5.81. The first-order valence-electron chi connectivity index (χ1n) is 12.3. The summed E-state index contributed by atoms with van der Waals surface area (Å²) in [5.74, 6) is 0.112. The predicted octanol–water partition coefficient (Wildman–Crippen LogP) is 2.76. The zero-order valence-electron chi connectivity index (χ0n) is 20.6. The van der Waals surface area contributed by atoms with Crippen LogP contribution in [0.15, 0.2) is 17.2 Å². The Morgan fingerprint density at radius 2 is 1.84 bits per heavy atom. The summed E-state index contributed by atoms with van der Waals surface area (Å²) < 4.78 is 71.0. The van der Waals surface area contributed by atoms with Crippen LogP contribution in [0.4, 0.5) is 18.9 Å². The van der Waals surface area contributed by atoms with Crippen LogP contribution in [0.3, 0.4) is 0 Å². The molecule has 0 aromatic carbocycles. The number of hydrogen-bond donors (Lipinski definition) is 2. The monoisotopic (exact) mass is 603 g/mol. The molecule has 6 rings (SSSR count). The number of anilines is 1. The SMILES string of the molecule is C[C@H]1CN(c2cc(S(=O)(=O)NC3(C)CC3)cn3c(-c4nnc(C(F)(F)F)[se]4)c(C4CC4)nc23)C[C@H](C)N1. The molecule has 9 nitrogen and oxygen atoms in total. The number of imidazole rings is 1. The van der Waals surface area contributed by atoms with Crippen LogP contribution >= 0.6 is 0 Å². The summed E-state index contributed by atoms with van der Waals surface area (Å²) in [7, 11) is -3.89. The summed E-state index contributed by atoms with van der Waals surface area (Å²) in [6, 6.07) is 1.98. The summed E-state index contributed by atoms with van der Waals surface area (Å²) in [5, 5.41) is 10.9. The van der Waals surface area contributed by atoms with Crippen molar-refractivity contribution in [1.29, 1.82) is 0 Å². The molecular weight excluding hydrogens is 574 g/mol. The minimum absolute atomic E-state index is 0.0611. The number of rotatable bonds is 6. The molecule has 0 spiro atoms. The van der Waals surface area contributed by atoms with Crippen molar-refractivity contribution in [1.82, 2.24) is 29.6 Å². The zero-order chi connectivity index (χ0) is 26.3. The molecule has 2 aliphatic carbocycles. The van der Waals surface area contributed by atoms with E-state index in [4.69, 9.17) is 4.98 Å². The summed E-state index contributed by atoms with van der Waals surface area (Å²) in [4.78, 5) is 7.10. The Labute approximate surface area is 218 Å². The van der Waals surface area contributed by atoms with Crippen molar-refractivity contribution in [2.45, 2.75) is 81.1 Å². The summed E-state index contributed by atoms with van der Waals surface area (Å²) in [5.41, 5.74) is 1.84. The molecule has 3 fully saturated rings. The minimum atomic E-state index is -4.55. The topological polar surface area (TPSA) is 105 Å². The molecular formula is C23H28F3N7O2SSe. The van der Waals surface area contributed by atoms with Crippen LogP contribution in [0, 0.1) is 0 Å². The number of pyridine rings is 1. The van der Waals surface area contributed by atoms with Gasteiger partial charge < -0.3 is 0 Å². The van der Waals surface area contributed by atoms with Gasteiger partial charge in [0.1, 0.15) is 0 Å². The first-order chi connectivity index (χ1) is 17.3. The van der Waals surface area contributed by atoms with Gasteiger partial charge in [0.15, 0.2) is 0 Å². The molecule has 0 unspecified atom stereocenters. The molecule has 1 saturated heterocycles. The maximum atomic E-state index is 13.5. The number of halogens is 3. The van der Waals surface area contributed by atoms with E-state index in [-0.39, 0.29) is 27.5 Å². The Morgan fingerprint density at radius 1 is 1.16 bits per heavy atom. The molecule has 3 aromatic rings. The molecule has 200 valence electrons. The van der Waals surface area contributed by atoms with Crippen molar-refractivity contribution in [2.24, 2.45) is 0 Å². The van der Waals surface area contributed by atoms with E-state index in [9.17, 15) is 21.6 Å². The van der Waals surface area contributed by atoms with Gasteiger partial charge in [-0.2, -0.15) is 0 Å². The summed E-state index contributed by atoms with van der Waals surface area (Å²) >= 11 is -1.16. The van der Waals surface area contributed by atoms with Crippen LogP contribution in [-0.2, 0) is 16.2 Å². The van der Waals surface area contributed by atoms with E-state index in [1.165, 1.54) is 6.20 Å². The number of alkyl halides is 3. The number of aromatic nitrogens is 4. The van der Waals surface area contributed by atoms with E-state index in [1.807, 2.05) is 6.92 Å². The van der Waals surface area contributed by atoms with Gasteiger partial charge in [-0.15, -0.1) is 0 Å². The first-order valence-corrected chi connectivity index (χ1v) is 15.5. The molecule has 0 amide bonds. The molecule has 0 radical (unpaired) electrons. The summed E-state index contributed by atoms with van der Waals surface area (Å²) in [6.45, 7) is 7.27.